The van der Waals surface area contributed by atoms with Crippen molar-refractivity contribution in [2.45, 2.75) is 0 Å². The van der Waals surface area contributed by atoms with Crippen molar-refractivity contribution in [1.29, 1.82) is 0 Å². The number of rotatable bonds is 2. The molecule has 0 aliphatic carbocycles. The fourth-order valence-corrected chi connectivity index (χ4v) is 1.25. The fourth-order valence-electron chi connectivity index (χ4n) is 0.139. The van der Waals surface area contributed by atoms with Crippen LogP contribution in [0.25, 0.3) is 0 Å². The van der Waals surface area contributed by atoms with Crippen LogP contribution in [0.5, 0.6) is 0 Å². The van der Waals surface area contributed by atoms with Gasteiger partial charge in [-0.2, -0.15) is 4.31 Å². The third-order valence-electron chi connectivity index (χ3n) is 0.213. The summed E-state index contributed by atoms with van der Waals surface area (Å²) in [6.07, 6.45) is 0. The van der Waals surface area contributed by atoms with Crippen LogP contribution in [0.4, 0.5) is 0 Å². The minimum absolute atomic E-state index is 0. The maximum Gasteiger partial charge on any atom is 0 e. The van der Waals surface area contributed by atoms with Crippen molar-refractivity contribution in [3.8, 4) is 0 Å². The van der Waals surface area contributed by atoms with Gasteiger partial charge in [-0.25, -0.2) is 9.13 Å². The standard InChI is InChI=1S/K.Ni.H4O7P2.Zn.H/c;;1-8(2,3)7-9(4,5)6;;/h;;(H2,1,2,3)(H2,4,5,6);;. The smallest absolute Gasteiger partial charge is 0 e. The average molecular weight is 342 g/mol. The molecule has 0 bridgehead atoms. The van der Waals surface area contributed by atoms with E-state index in [0.717, 1.165) is 0 Å². The van der Waals surface area contributed by atoms with E-state index in [-0.39, 0.29) is 87.4 Å². The molecule has 0 unspecified atom stereocenters. The first-order chi connectivity index (χ1) is 3.71. The summed E-state index contributed by atoms with van der Waals surface area (Å²) in [5, 5.41) is 0. The molecule has 7 nitrogen and oxygen atoms in total. The van der Waals surface area contributed by atoms with E-state index < -0.39 is 15.6 Å². The largest absolute Gasteiger partial charge is 0 e. The van der Waals surface area contributed by atoms with E-state index in [1.54, 1.807) is 0 Å². The van der Waals surface area contributed by atoms with Crippen molar-refractivity contribution in [2.75, 3.05) is 0 Å². The monoisotopic (exact) mass is 340 g/mol. The molecule has 0 aromatic carbocycles. The Morgan fingerprint density at radius 2 is 1.08 bits per heavy atom. The SMILES string of the molecule is O=P(O)(O)OP(=O)(O)O.[KH].[Ni].[Zn]. The Morgan fingerprint density at radius 1 is 0.917 bits per heavy atom. The fraction of sp³-hybridized carbons (Fsp3) is 0. The molecule has 0 aromatic rings. The first-order valence-corrected chi connectivity index (χ1v) is 4.59. The molecule has 0 aliphatic heterocycles. The van der Waals surface area contributed by atoms with Crippen LogP contribution in [0.3, 0.4) is 0 Å². The van der Waals surface area contributed by atoms with Crippen LogP contribution >= 0.6 is 15.6 Å². The molecular weight excluding hydrogens is 337 g/mol. The predicted octanol–water partition coefficient (Wildman–Crippen LogP) is -1.47. The maximum absolute atomic E-state index is 9.63. The predicted molar refractivity (Wildman–Crippen MR) is 32.3 cm³/mol. The molecule has 0 saturated heterocycles. The zero-order chi connectivity index (χ0) is 7.71. The summed E-state index contributed by atoms with van der Waals surface area (Å²) in [6, 6.07) is 0. The molecule has 0 aromatic heterocycles. The van der Waals surface area contributed by atoms with E-state index >= 15 is 0 Å². The maximum atomic E-state index is 9.63. The summed E-state index contributed by atoms with van der Waals surface area (Å²) >= 11 is 0. The van der Waals surface area contributed by atoms with Crippen molar-refractivity contribution in [3.63, 3.8) is 0 Å². The summed E-state index contributed by atoms with van der Waals surface area (Å²) in [6.45, 7) is 0. The van der Waals surface area contributed by atoms with E-state index in [1.807, 2.05) is 0 Å². The van der Waals surface area contributed by atoms with Gasteiger partial charge in [-0.3, -0.25) is 0 Å². The van der Waals surface area contributed by atoms with Crippen molar-refractivity contribution in [3.05, 3.63) is 0 Å². The third-order valence-corrected chi connectivity index (χ3v) is 1.91. The van der Waals surface area contributed by atoms with Gasteiger partial charge in [0.1, 0.15) is 0 Å². The first-order valence-electron chi connectivity index (χ1n) is 1.53. The van der Waals surface area contributed by atoms with Crippen LogP contribution < -0.4 is 0 Å². The van der Waals surface area contributed by atoms with Crippen LogP contribution in [-0.2, 0) is 49.4 Å². The van der Waals surface area contributed by atoms with Gasteiger partial charge in [0.25, 0.3) is 0 Å². The van der Waals surface area contributed by atoms with Gasteiger partial charge in [-0.05, 0) is 0 Å². The molecule has 0 aliphatic rings. The van der Waals surface area contributed by atoms with E-state index in [9.17, 15) is 9.13 Å². The second-order valence-corrected chi connectivity index (χ2v) is 3.68. The Morgan fingerprint density at radius 3 is 1.08 bits per heavy atom. The normalized spacial score (nSPS) is 10.3. The van der Waals surface area contributed by atoms with Gasteiger partial charge < -0.3 is 19.6 Å². The topological polar surface area (TPSA) is 124 Å². The molecule has 4 N–H and O–H groups in total. The summed E-state index contributed by atoms with van der Waals surface area (Å²) in [7, 11) is -10.1. The summed E-state index contributed by atoms with van der Waals surface area (Å²) in [5.74, 6) is 0. The van der Waals surface area contributed by atoms with E-state index in [1.165, 1.54) is 0 Å². The summed E-state index contributed by atoms with van der Waals surface area (Å²) in [4.78, 5) is 31.0. The second kappa shape index (κ2) is 9.25. The molecule has 0 heterocycles. The average Bonchev–Trinajstić information content (AvgIpc) is 1.14. The molecule has 0 fully saturated rings. The first kappa shape index (κ1) is 24.3. The van der Waals surface area contributed by atoms with Gasteiger partial charge in [0.15, 0.2) is 0 Å². The quantitative estimate of drug-likeness (QED) is 0.357. The molecule has 0 amide bonds. The van der Waals surface area contributed by atoms with Gasteiger partial charge in [0, 0.05) is 36.0 Å². The van der Waals surface area contributed by atoms with Crippen molar-refractivity contribution >= 4 is 67.0 Å². The molecule has 70 valence electrons. The molecule has 0 spiro atoms. The summed E-state index contributed by atoms with van der Waals surface area (Å²) < 4.78 is 22.2. The van der Waals surface area contributed by atoms with Crippen LogP contribution in [0.1, 0.15) is 0 Å². The molecule has 0 rings (SSSR count). The number of hydrogen-bond donors (Lipinski definition) is 4. The van der Waals surface area contributed by atoms with Gasteiger partial charge in [-0.1, -0.05) is 0 Å². The van der Waals surface area contributed by atoms with Crippen LogP contribution in [0.2, 0.25) is 0 Å². The van der Waals surface area contributed by atoms with Crippen molar-refractivity contribution in [2.24, 2.45) is 0 Å². The van der Waals surface area contributed by atoms with Gasteiger partial charge in [-0.15, -0.1) is 0 Å². The van der Waals surface area contributed by atoms with E-state index in [0.29, 0.717) is 0 Å². The van der Waals surface area contributed by atoms with E-state index in [2.05, 4.69) is 4.31 Å². The molecular formula is H5KNiO7P2Zn. The van der Waals surface area contributed by atoms with Crippen molar-refractivity contribution < 1.29 is 69.0 Å². The Kier molecular flexibility index (Phi) is 18.7. The zero-order valence-electron chi connectivity index (χ0n) is 4.93. The number of hydrogen-bond acceptors (Lipinski definition) is 3. The Bertz CT molecular complexity index is 162. The minimum Gasteiger partial charge on any atom is 0 e. The van der Waals surface area contributed by atoms with Crippen LogP contribution in [-0.4, -0.2) is 71.0 Å². The zero-order valence-corrected chi connectivity index (χ0v) is 10.7. The Hall–Kier alpha value is 3.01. The van der Waals surface area contributed by atoms with Gasteiger partial charge >= 0.3 is 67.0 Å². The van der Waals surface area contributed by atoms with E-state index in [4.69, 9.17) is 19.6 Å². The molecule has 12 heteroatoms. The van der Waals surface area contributed by atoms with Gasteiger partial charge in [0.05, 0.1) is 0 Å². The molecule has 0 atom stereocenters. The van der Waals surface area contributed by atoms with Crippen LogP contribution in [0, 0.1) is 0 Å². The second-order valence-electron chi connectivity index (χ2n) is 1.06. The minimum atomic E-state index is -5.05. The molecule has 0 radical (unpaired) electrons. The Labute approximate surface area is 134 Å². The van der Waals surface area contributed by atoms with Crippen molar-refractivity contribution in [1.82, 2.24) is 0 Å². The number of phosphoric acid groups is 2. The summed E-state index contributed by atoms with van der Waals surface area (Å²) in [5.41, 5.74) is 0. The molecule has 0 saturated carbocycles. The third kappa shape index (κ3) is 23.1. The van der Waals surface area contributed by atoms with Crippen LogP contribution in [0.15, 0.2) is 0 Å². The van der Waals surface area contributed by atoms with Gasteiger partial charge in [0.2, 0.25) is 0 Å². The Balaban J connectivity index is -0.000000107. The molecule has 12 heavy (non-hydrogen) atoms.